The lowest BCUT2D eigenvalue weighted by Crippen LogP contribution is -2.52. The Balaban J connectivity index is 1.92. The zero-order chi connectivity index (χ0) is 26.0. The lowest BCUT2D eigenvalue weighted by molar-refractivity contribution is -0.384. The van der Waals surface area contributed by atoms with E-state index in [2.05, 4.69) is 15.6 Å². The Kier molecular flexibility index (Phi) is 7.11. The van der Waals surface area contributed by atoms with Gasteiger partial charge in [0.05, 0.1) is 23.5 Å². The molecular formula is C24H29N5O6. The SMILES string of the molecule is CN1C(=O)C[C@@](C)(c2cccc(Nc3ccc(CO)cc3[N+](=O)[O-])c2)N=C1NC(=O)OC(C)(C)C. The highest BCUT2D eigenvalue weighted by atomic mass is 16.6. The van der Waals surface area contributed by atoms with E-state index in [0.717, 1.165) is 0 Å². The number of aliphatic hydroxyl groups is 1. The minimum absolute atomic E-state index is 0.0534. The van der Waals surface area contributed by atoms with Gasteiger partial charge in [0.1, 0.15) is 11.3 Å². The molecule has 35 heavy (non-hydrogen) atoms. The van der Waals surface area contributed by atoms with E-state index < -0.39 is 22.2 Å². The fourth-order valence-electron chi connectivity index (χ4n) is 3.57. The van der Waals surface area contributed by atoms with E-state index in [-0.39, 0.29) is 36.3 Å². The molecule has 2 amide bonds. The lowest BCUT2D eigenvalue weighted by Gasteiger charge is -2.35. The monoisotopic (exact) mass is 483 g/mol. The van der Waals surface area contributed by atoms with Gasteiger partial charge in [-0.25, -0.2) is 9.79 Å². The average molecular weight is 484 g/mol. The molecule has 0 spiro atoms. The molecule has 11 nitrogen and oxygen atoms in total. The van der Waals surface area contributed by atoms with Crippen LogP contribution in [0.25, 0.3) is 0 Å². The first-order valence-electron chi connectivity index (χ1n) is 10.9. The highest BCUT2D eigenvalue weighted by Gasteiger charge is 2.38. The minimum Gasteiger partial charge on any atom is -0.444 e. The molecule has 0 aliphatic carbocycles. The smallest absolute Gasteiger partial charge is 0.414 e. The van der Waals surface area contributed by atoms with Gasteiger partial charge in [0.2, 0.25) is 11.9 Å². The fourth-order valence-corrected chi connectivity index (χ4v) is 3.57. The molecule has 0 fully saturated rings. The second kappa shape index (κ2) is 9.71. The lowest BCUT2D eigenvalue weighted by atomic mass is 9.87. The first-order chi connectivity index (χ1) is 16.3. The molecule has 0 unspecified atom stereocenters. The van der Waals surface area contributed by atoms with E-state index in [1.54, 1.807) is 58.0 Å². The summed E-state index contributed by atoms with van der Waals surface area (Å²) in [6.07, 6.45) is -0.674. The van der Waals surface area contributed by atoms with Crippen molar-refractivity contribution in [1.29, 1.82) is 0 Å². The van der Waals surface area contributed by atoms with Gasteiger partial charge in [-0.15, -0.1) is 0 Å². The van der Waals surface area contributed by atoms with Crippen LogP contribution in [0.2, 0.25) is 0 Å². The number of nitro groups is 1. The summed E-state index contributed by atoms with van der Waals surface area (Å²) < 4.78 is 5.28. The van der Waals surface area contributed by atoms with Crippen LogP contribution in [0.5, 0.6) is 0 Å². The Morgan fingerprint density at radius 1 is 1.29 bits per heavy atom. The first-order valence-corrected chi connectivity index (χ1v) is 10.9. The van der Waals surface area contributed by atoms with Crippen LogP contribution in [-0.4, -0.2) is 45.5 Å². The normalized spacial score (nSPS) is 18.1. The van der Waals surface area contributed by atoms with Crippen LogP contribution in [0, 0.1) is 10.1 Å². The zero-order valence-corrected chi connectivity index (χ0v) is 20.3. The van der Waals surface area contributed by atoms with Crippen molar-refractivity contribution in [3.05, 3.63) is 63.7 Å². The maximum Gasteiger partial charge on any atom is 0.414 e. The van der Waals surface area contributed by atoms with E-state index in [1.165, 1.54) is 24.1 Å². The van der Waals surface area contributed by atoms with Crippen LogP contribution in [-0.2, 0) is 21.7 Å². The summed E-state index contributed by atoms with van der Waals surface area (Å²) in [5, 5.41) is 26.4. The van der Waals surface area contributed by atoms with Crippen LogP contribution >= 0.6 is 0 Å². The summed E-state index contributed by atoms with van der Waals surface area (Å²) in [4.78, 5) is 41.9. The number of alkyl carbamates (subject to hydrolysis) is 1. The number of nitro benzene ring substituents is 1. The van der Waals surface area contributed by atoms with Gasteiger partial charge >= 0.3 is 6.09 Å². The molecule has 2 aromatic carbocycles. The maximum absolute atomic E-state index is 12.8. The Morgan fingerprint density at radius 3 is 2.63 bits per heavy atom. The second-order valence-corrected chi connectivity index (χ2v) is 9.44. The predicted octanol–water partition coefficient (Wildman–Crippen LogP) is 3.79. The molecule has 1 aliphatic heterocycles. The molecule has 3 rings (SSSR count). The predicted molar refractivity (Wildman–Crippen MR) is 130 cm³/mol. The number of carbonyl (C=O) groups excluding carboxylic acids is 2. The Labute approximate surface area is 203 Å². The van der Waals surface area contributed by atoms with E-state index in [9.17, 15) is 24.8 Å². The van der Waals surface area contributed by atoms with Crippen molar-refractivity contribution in [3.63, 3.8) is 0 Å². The molecule has 0 aromatic heterocycles. The molecule has 186 valence electrons. The van der Waals surface area contributed by atoms with Gasteiger partial charge in [-0.1, -0.05) is 18.2 Å². The highest BCUT2D eigenvalue weighted by Crippen LogP contribution is 2.36. The van der Waals surface area contributed by atoms with Crippen LogP contribution in [0.15, 0.2) is 47.5 Å². The summed E-state index contributed by atoms with van der Waals surface area (Å²) in [6, 6.07) is 11.4. The van der Waals surface area contributed by atoms with Gasteiger partial charge in [-0.3, -0.25) is 25.1 Å². The number of hydrogen-bond donors (Lipinski definition) is 3. The van der Waals surface area contributed by atoms with Crippen LogP contribution in [0.1, 0.15) is 45.2 Å². The molecule has 0 saturated heterocycles. The minimum atomic E-state index is -1.00. The third-order valence-electron chi connectivity index (χ3n) is 5.36. The topological polar surface area (TPSA) is 146 Å². The third-order valence-corrected chi connectivity index (χ3v) is 5.36. The summed E-state index contributed by atoms with van der Waals surface area (Å²) in [6.45, 7) is 6.65. The standard InChI is InChI=1S/C24H29N5O6/c1-23(2,3)35-22(32)26-21-27-24(4,13-20(31)28(21)5)16-7-6-8-17(12-16)25-18-10-9-15(14-30)11-19(18)29(33)34/h6-12,25,30H,13-14H2,1-5H3,(H,26,27,32)/t24-/m0/s1. The van der Waals surface area contributed by atoms with Gasteiger partial charge < -0.3 is 15.2 Å². The third kappa shape index (κ3) is 6.12. The van der Waals surface area contributed by atoms with Crippen molar-refractivity contribution in [2.45, 2.75) is 51.9 Å². The number of aliphatic imine (C=N–C) groups is 1. The van der Waals surface area contributed by atoms with Crippen molar-refractivity contribution >= 4 is 35.0 Å². The summed E-state index contributed by atoms with van der Waals surface area (Å²) in [5.74, 6) is -0.186. The number of aliphatic hydroxyl groups excluding tert-OH is 1. The van der Waals surface area contributed by atoms with E-state index in [1.807, 2.05) is 0 Å². The van der Waals surface area contributed by atoms with Crippen LogP contribution < -0.4 is 10.6 Å². The van der Waals surface area contributed by atoms with Crippen LogP contribution in [0.4, 0.5) is 21.9 Å². The molecule has 11 heteroatoms. The first kappa shape index (κ1) is 25.6. The van der Waals surface area contributed by atoms with E-state index in [0.29, 0.717) is 16.8 Å². The van der Waals surface area contributed by atoms with Crippen LogP contribution in [0.3, 0.4) is 0 Å². The van der Waals surface area contributed by atoms with E-state index >= 15 is 0 Å². The molecule has 0 saturated carbocycles. The van der Waals surface area contributed by atoms with Crippen molar-refractivity contribution in [2.24, 2.45) is 4.99 Å². The molecule has 1 atom stereocenters. The number of hydrogen-bond acceptors (Lipinski definition) is 8. The Morgan fingerprint density at radius 2 is 2.00 bits per heavy atom. The second-order valence-electron chi connectivity index (χ2n) is 9.44. The number of carbonyl (C=O) groups is 2. The molecule has 0 radical (unpaired) electrons. The number of rotatable bonds is 5. The molecule has 1 heterocycles. The number of nitrogens with one attached hydrogen (secondary N) is 2. The number of amides is 2. The zero-order valence-electron chi connectivity index (χ0n) is 20.3. The molecule has 2 aromatic rings. The summed E-state index contributed by atoms with van der Waals surface area (Å²) in [5.41, 5.74) is -0.00239. The largest absolute Gasteiger partial charge is 0.444 e. The Hall–Kier alpha value is -3.99. The van der Waals surface area contributed by atoms with Crippen molar-refractivity contribution < 1.29 is 24.4 Å². The summed E-state index contributed by atoms with van der Waals surface area (Å²) in [7, 11) is 1.52. The molecule has 1 aliphatic rings. The number of benzene rings is 2. The molecule has 3 N–H and O–H groups in total. The van der Waals surface area contributed by atoms with Crippen molar-refractivity contribution in [1.82, 2.24) is 10.2 Å². The summed E-state index contributed by atoms with van der Waals surface area (Å²) >= 11 is 0. The molecular weight excluding hydrogens is 454 g/mol. The van der Waals surface area contributed by atoms with Gasteiger partial charge in [-0.2, -0.15) is 0 Å². The average Bonchev–Trinajstić information content (AvgIpc) is 2.76. The van der Waals surface area contributed by atoms with Crippen molar-refractivity contribution in [2.75, 3.05) is 12.4 Å². The fraction of sp³-hybridized carbons (Fsp3) is 0.375. The quantitative estimate of drug-likeness (QED) is 0.433. The van der Waals surface area contributed by atoms with Gasteiger partial charge in [-0.05, 0) is 57.0 Å². The Bertz CT molecular complexity index is 1190. The molecule has 0 bridgehead atoms. The van der Waals surface area contributed by atoms with Gasteiger partial charge in [0, 0.05) is 18.8 Å². The number of guanidine groups is 1. The maximum atomic E-state index is 12.8. The number of nitrogens with zero attached hydrogens (tertiary/aromatic N) is 3. The number of anilines is 2. The number of ether oxygens (including phenoxy) is 1. The van der Waals surface area contributed by atoms with Gasteiger partial charge in [0.15, 0.2) is 0 Å². The van der Waals surface area contributed by atoms with E-state index in [4.69, 9.17) is 4.74 Å². The van der Waals surface area contributed by atoms with Gasteiger partial charge in [0.25, 0.3) is 5.69 Å². The highest BCUT2D eigenvalue weighted by molar-refractivity contribution is 6.05. The van der Waals surface area contributed by atoms with Crippen molar-refractivity contribution in [3.8, 4) is 0 Å².